The van der Waals surface area contributed by atoms with Crippen LogP contribution in [0.4, 0.5) is 5.69 Å². The Morgan fingerprint density at radius 3 is 2.75 bits per heavy atom. The molecule has 1 amide bonds. The van der Waals surface area contributed by atoms with Gasteiger partial charge in [-0.1, -0.05) is 18.2 Å². The van der Waals surface area contributed by atoms with E-state index in [1.165, 1.54) is 5.56 Å². The van der Waals surface area contributed by atoms with E-state index in [-0.39, 0.29) is 17.9 Å². The lowest BCUT2D eigenvalue weighted by atomic mass is 9.87. The summed E-state index contributed by atoms with van der Waals surface area (Å²) in [5, 5.41) is 3.40. The fourth-order valence-corrected chi connectivity index (χ4v) is 2.23. The predicted octanol–water partition coefficient (Wildman–Crippen LogP) is 1.75. The van der Waals surface area contributed by atoms with Crippen LogP contribution in [0, 0.1) is 5.92 Å². The van der Waals surface area contributed by atoms with E-state index in [4.69, 9.17) is 0 Å². The zero-order valence-corrected chi connectivity index (χ0v) is 10.0. The summed E-state index contributed by atoms with van der Waals surface area (Å²) >= 11 is 0. The first-order valence-corrected chi connectivity index (χ1v) is 5.65. The second kappa shape index (κ2) is 4.16. The van der Waals surface area contributed by atoms with Crippen LogP contribution in [0.2, 0.25) is 0 Å². The third-order valence-corrected chi connectivity index (χ3v) is 3.20. The molecule has 1 aromatic carbocycles. The molecule has 0 fully saturated rings. The number of fused-ring (bicyclic) bond motifs is 1. The number of carbonyl (C=O) groups is 1. The van der Waals surface area contributed by atoms with Gasteiger partial charge in [-0.2, -0.15) is 0 Å². The summed E-state index contributed by atoms with van der Waals surface area (Å²) in [5.41, 5.74) is 2.40. The zero-order chi connectivity index (χ0) is 11.7. The van der Waals surface area contributed by atoms with Crippen LogP contribution in [-0.4, -0.2) is 30.9 Å². The van der Waals surface area contributed by atoms with Crippen LogP contribution in [-0.2, 0) is 11.2 Å². The van der Waals surface area contributed by atoms with Gasteiger partial charge in [0.1, 0.15) is 0 Å². The summed E-state index contributed by atoms with van der Waals surface area (Å²) in [6, 6.07) is 8.40. The predicted molar refractivity (Wildman–Crippen MR) is 65.4 cm³/mol. The average molecular weight is 218 g/mol. The minimum atomic E-state index is 0.0462. The summed E-state index contributed by atoms with van der Waals surface area (Å²) in [6.45, 7) is 2.07. The van der Waals surface area contributed by atoms with Crippen molar-refractivity contribution in [2.75, 3.05) is 19.4 Å². The van der Waals surface area contributed by atoms with Gasteiger partial charge in [0, 0.05) is 25.8 Å². The number of hydrogen-bond acceptors (Lipinski definition) is 2. The Balaban J connectivity index is 2.24. The Hall–Kier alpha value is -1.51. The monoisotopic (exact) mass is 218 g/mol. The third kappa shape index (κ3) is 1.90. The number of anilines is 1. The third-order valence-electron chi connectivity index (χ3n) is 3.20. The number of para-hydroxylation sites is 1. The van der Waals surface area contributed by atoms with E-state index in [9.17, 15) is 4.79 Å². The molecule has 3 heteroatoms. The summed E-state index contributed by atoms with van der Waals surface area (Å²) in [6.07, 6.45) is 0.835. The van der Waals surface area contributed by atoms with Crippen molar-refractivity contribution in [3.8, 4) is 0 Å². The molecule has 1 heterocycles. The molecule has 1 N–H and O–H groups in total. The second-order valence-electron chi connectivity index (χ2n) is 4.63. The summed E-state index contributed by atoms with van der Waals surface area (Å²) in [5.74, 6) is 0.249. The van der Waals surface area contributed by atoms with Crippen molar-refractivity contribution in [2.24, 2.45) is 5.92 Å². The molecule has 0 radical (unpaired) electrons. The molecule has 0 bridgehead atoms. The van der Waals surface area contributed by atoms with Crippen molar-refractivity contribution >= 4 is 11.6 Å². The normalized spacial score (nSPS) is 23.2. The highest BCUT2D eigenvalue weighted by molar-refractivity contribution is 5.81. The molecule has 2 atom stereocenters. The van der Waals surface area contributed by atoms with Gasteiger partial charge in [-0.05, 0) is 25.0 Å². The van der Waals surface area contributed by atoms with Gasteiger partial charge in [-0.15, -0.1) is 0 Å². The number of benzene rings is 1. The highest BCUT2D eigenvalue weighted by atomic mass is 16.2. The second-order valence-corrected chi connectivity index (χ2v) is 4.63. The van der Waals surface area contributed by atoms with Gasteiger partial charge in [-0.25, -0.2) is 0 Å². The molecule has 0 saturated heterocycles. The Kier molecular flexibility index (Phi) is 2.86. The number of carbonyl (C=O) groups excluding carboxylic acids is 1. The van der Waals surface area contributed by atoms with E-state index in [1.54, 1.807) is 4.90 Å². The smallest absolute Gasteiger partial charge is 0.227 e. The molecule has 1 aromatic rings. The highest BCUT2D eigenvalue weighted by Gasteiger charge is 2.31. The van der Waals surface area contributed by atoms with Crippen molar-refractivity contribution in [3.05, 3.63) is 29.8 Å². The lowest BCUT2D eigenvalue weighted by molar-refractivity contribution is -0.133. The standard InChI is InChI=1S/C13H18N2O/c1-9-11(13(16)15(2)3)8-10-6-4-5-7-12(10)14-9/h4-7,9,11,14H,8H2,1-3H3. The van der Waals surface area contributed by atoms with E-state index in [2.05, 4.69) is 24.4 Å². The SMILES string of the molecule is CC1Nc2ccccc2CC1C(=O)N(C)C. The van der Waals surface area contributed by atoms with E-state index in [0.717, 1.165) is 12.1 Å². The molecule has 2 unspecified atom stereocenters. The van der Waals surface area contributed by atoms with Gasteiger partial charge in [0.25, 0.3) is 0 Å². The molecular weight excluding hydrogens is 200 g/mol. The van der Waals surface area contributed by atoms with Crippen LogP contribution >= 0.6 is 0 Å². The number of nitrogens with one attached hydrogen (secondary N) is 1. The fraction of sp³-hybridized carbons (Fsp3) is 0.462. The summed E-state index contributed by atoms with van der Waals surface area (Å²) < 4.78 is 0. The highest BCUT2D eigenvalue weighted by Crippen LogP contribution is 2.28. The van der Waals surface area contributed by atoms with Gasteiger partial charge < -0.3 is 10.2 Å². The van der Waals surface area contributed by atoms with Crippen molar-refractivity contribution in [3.63, 3.8) is 0 Å². The number of nitrogens with zero attached hydrogens (tertiary/aromatic N) is 1. The van der Waals surface area contributed by atoms with Crippen LogP contribution in [0.15, 0.2) is 24.3 Å². The number of hydrogen-bond donors (Lipinski definition) is 1. The molecule has 16 heavy (non-hydrogen) atoms. The van der Waals surface area contributed by atoms with Crippen LogP contribution < -0.4 is 5.32 Å². The molecule has 0 spiro atoms. The quantitative estimate of drug-likeness (QED) is 0.779. The van der Waals surface area contributed by atoms with Crippen LogP contribution in [0.5, 0.6) is 0 Å². The number of rotatable bonds is 1. The molecule has 0 aliphatic carbocycles. The fourth-order valence-electron chi connectivity index (χ4n) is 2.23. The van der Waals surface area contributed by atoms with Crippen molar-refractivity contribution in [2.45, 2.75) is 19.4 Å². The minimum Gasteiger partial charge on any atom is -0.382 e. The minimum absolute atomic E-state index is 0.0462. The molecule has 2 rings (SSSR count). The Bertz CT molecular complexity index is 401. The lowest BCUT2D eigenvalue weighted by Crippen LogP contribution is -2.42. The number of amides is 1. The van der Waals surface area contributed by atoms with Gasteiger partial charge in [0.2, 0.25) is 5.91 Å². The van der Waals surface area contributed by atoms with E-state index in [0.29, 0.717) is 0 Å². The maximum absolute atomic E-state index is 12.0. The maximum atomic E-state index is 12.0. The summed E-state index contributed by atoms with van der Waals surface area (Å²) in [4.78, 5) is 13.7. The van der Waals surface area contributed by atoms with Gasteiger partial charge in [0.05, 0.1) is 5.92 Å². The van der Waals surface area contributed by atoms with Crippen molar-refractivity contribution < 1.29 is 4.79 Å². The largest absolute Gasteiger partial charge is 0.382 e. The lowest BCUT2D eigenvalue weighted by Gasteiger charge is -2.33. The van der Waals surface area contributed by atoms with Gasteiger partial charge >= 0.3 is 0 Å². The van der Waals surface area contributed by atoms with Crippen molar-refractivity contribution in [1.29, 1.82) is 0 Å². The van der Waals surface area contributed by atoms with E-state index in [1.807, 2.05) is 26.2 Å². The average Bonchev–Trinajstić information content (AvgIpc) is 2.27. The Morgan fingerprint density at radius 1 is 1.38 bits per heavy atom. The zero-order valence-electron chi connectivity index (χ0n) is 10.0. The molecular formula is C13H18N2O. The molecule has 86 valence electrons. The van der Waals surface area contributed by atoms with Crippen LogP contribution in [0.1, 0.15) is 12.5 Å². The molecule has 0 saturated carbocycles. The molecule has 1 aliphatic rings. The van der Waals surface area contributed by atoms with E-state index < -0.39 is 0 Å². The summed E-state index contributed by atoms with van der Waals surface area (Å²) in [7, 11) is 3.63. The first kappa shape index (κ1) is 11.0. The van der Waals surface area contributed by atoms with Crippen LogP contribution in [0.3, 0.4) is 0 Å². The van der Waals surface area contributed by atoms with Gasteiger partial charge in [-0.3, -0.25) is 4.79 Å². The molecule has 3 nitrogen and oxygen atoms in total. The van der Waals surface area contributed by atoms with Gasteiger partial charge in [0.15, 0.2) is 0 Å². The Labute approximate surface area is 96.5 Å². The first-order valence-electron chi connectivity index (χ1n) is 5.65. The molecule has 1 aliphatic heterocycles. The van der Waals surface area contributed by atoms with Crippen LogP contribution in [0.25, 0.3) is 0 Å². The maximum Gasteiger partial charge on any atom is 0.227 e. The first-order chi connectivity index (χ1) is 7.59. The van der Waals surface area contributed by atoms with E-state index >= 15 is 0 Å². The molecule has 0 aromatic heterocycles. The topological polar surface area (TPSA) is 32.3 Å². The Morgan fingerprint density at radius 2 is 2.06 bits per heavy atom. The van der Waals surface area contributed by atoms with Crippen molar-refractivity contribution in [1.82, 2.24) is 4.90 Å².